The van der Waals surface area contributed by atoms with Crippen molar-refractivity contribution in [3.05, 3.63) is 47.8 Å². The molecule has 2 amide bonds. The minimum absolute atomic E-state index is 0.0660. The molecule has 0 unspecified atom stereocenters. The van der Waals surface area contributed by atoms with E-state index < -0.39 is 0 Å². The first-order valence-electron chi connectivity index (χ1n) is 9.49. The van der Waals surface area contributed by atoms with Gasteiger partial charge in [-0.05, 0) is 29.2 Å². The van der Waals surface area contributed by atoms with Crippen molar-refractivity contribution < 1.29 is 9.59 Å². The molecule has 7 heteroatoms. The Morgan fingerprint density at radius 2 is 1.64 bits per heavy atom. The minimum atomic E-state index is -0.269. The first-order valence-corrected chi connectivity index (χ1v) is 9.49. The van der Waals surface area contributed by atoms with E-state index in [9.17, 15) is 9.59 Å². The van der Waals surface area contributed by atoms with E-state index >= 15 is 0 Å². The second-order valence-corrected chi connectivity index (χ2v) is 8.02. The summed E-state index contributed by atoms with van der Waals surface area (Å²) in [4.78, 5) is 36.6. The quantitative estimate of drug-likeness (QED) is 0.884. The molecule has 3 rings (SSSR count). The fourth-order valence-electron chi connectivity index (χ4n) is 3.10. The van der Waals surface area contributed by atoms with E-state index in [1.54, 1.807) is 24.1 Å². The number of aromatic nitrogens is 2. The molecule has 0 spiro atoms. The molecule has 1 aromatic carbocycles. The van der Waals surface area contributed by atoms with Gasteiger partial charge in [0.15, 0.2) is 0 Å². The summed E-state index contributed by atoms with van der Waals surface area (Å²) in [6.07, 6.45) is 1.59. The van der Waals surface area contributed by atoms with Gasteiger partial charge in [0, 0.05) is 45.0 Å². The lowest BCUT2D eigenvalue weighted by atomic mass is 9.87. The van der Waals surface area contributed by atoms with E-state index in [1.165, 1.54) is 5.56 Å². The SMILES string of the molecule is CC(=O)N1CCN(c2nccc(C(=O)Nc3ccc(C(C)(C)C)cc3)n2)CC1. The highest BCUT2D eigenvalue weighted by molar-refractivity contribution is 6.03. The van der Waals surface area contributed by atoms with E-state index in [4.69, 9.17) is 0 Å². The maximum Gasteiger partial charge on any atom is 0.274 e. The van der Waals surface area contributed by atoms with Crippen LogP contribution in [-0.4, -0.2) is 52.9 Å². The Bertz CT molecular complexity index is 850. The molecule has 1 saturated heterocycles. The molecule has 7 nitrogen and oxygen atoms in total. The normalized spacial score (nSPS) is 14.7. The maximum atomic E-state index is 12.6. The van der Waals surface area contributed by atoms with E-state index in [2.05, 4.69) is 36.1 Å². The van der Waals surface area contributed by atoms with Gasteiger partial charge in [-0.3, -0.25) is 9.59 Å². The number of anilines is 2. The lowest BCUT2D eigenvalue weighted by Gasteiger charge is -2.34. The smallest absolute Gasteiger partial charge is 0.274 e. The number of nitrogens with one attached hydrogen (secondary N) is 1. The number of hydrogen-bond acceptors (Lipinski definition) is 5. The van der Waals surface area contributed by atoms with Crippen LogP contribution in [0.2, 0.25) is 0 Å². The van der Waals surface area contributed by atoms with Gasteiger partial charge < -0.3 is 15.1 Å². The molecule has 0 radical (unpaired) electrons. The zero-order valence-corrected chi connectivity index (χ0v) is 16.9. The fourth-order valence-corrected chi connectivity index (χ4v) is 3.10. The lowest BCUT2D eigenvalue weighted by Crippen LogP contribution is -2.48. The number of carbonyl (C=O) groups excluding carboxylic acids is 2. The minimum Gasteiger partial charge on any atom is -0.339 e. The van der Waals surface area contributed by atoms with Gasteiger partial charge in [0.25, 0.3) is 5.91 Å². The summed E-state index contributed by atoms with van der Waals surface area (Å²) in [5.41, 5.74) is 2.32. The molecule has 1 aromatic heterocycles. The predicted molar refractivity (Wildman–Crippen MR) is 110 cm³/mol. The first-order chi connectivity index (χ1) is 13.2. The Hall–Kier alpha value is -2.96. The third-order valence-corrected chi connectivity index (χ3v) is 4.89. The second-order valence-electron chi connectivity index (χ2n) is 8.02. The number of amides is 2. The van der Waals surface area contributed by atoms with Gasteiger partial charge in [0.05, 0.1) is 0 Å². The van der Waals surface area contributed by atoms with Crippen LogP contribution in [0.3, 0.4) is 0 Å². The average molecular weight is 381 g/mol. The summed E-state index contributed by atoms with van der Waals surface area (Å²) in [5, 5.41) is 2.89. The standard InChI is InChI=1S/C21H27N5O2/c1-15(27)25-11-13-26(14-12-25)20-22-10-9-18(24-20)19(28)23-17-7-5-16(6-8-17)21(2,3)4/h5-10H,11-14H2,1-4H3,(H,23,28). The van der Waals surface area contributed by atoms with Crippen LogP contribution in [0, 0.1) is 0 Å². The monoisotopic (exact) mass is 381 g/mol. The number of hydrogen-bond donors (Lipinski definition) is 1. The van der Waals surface area contributed by atoms with E-state index in [1.807, 2.05) is 29.2 Å². The molecular formula is C21H27N5O2. The fraction of sp³-hybridized carbons (Fsp3) is 0.429. The van der Waals surface area contributed by atoms with Crippen LogP contribution >= 0.6 is 0 Å². The predicted octanol–water partition coefficient (Wildman–Crippen LogP) is 2.69. The van der Waals surface area contributed by atoms with Gasteiger partial charge in [0.1, 0.15) is 5.69 Å². The number of rotatable bonds is 3. The van der Waals surface area contributed by atoms with E-state index in [0.717, 1.165) is 5.69 Å². The molecule has 1 N–H and O–H groups in total. The molecule has 0 saturated carbocycles. The highest BCUT2D eigenvalue weighted by atomic mass is 16.2. The van der Waals surface area contributed by atoms with Crippen LogP contribution in [0.15, 0.2) is 36.5 Å². The van der Waals surface area contributed by atoms with Crippen molar-refractivity contribution in [3.8, 4) is 0 Å². The molecule has 0 atom stereocenters. The molecular weight excluding hydrogens is 354 g/mol. The number of piperazine rings is 1. The summed E-state index contributed by atoms with van der Waals surface area (Å²) in [6.45, 7) is 10.6. The maximum absolute atomic E-state index is 12.6. The summed E-state index contributed by atoms with van der Waals surface area (Å²) in [7, 11) is 0. The Labute approximate surface area is 165 Å². The van der Waals surface area contributed by atoms with Gasteiger partial charge in [0.2, 0.25) is 11.9 Å². The van der Waals surface area contributed by atoms with Crippen LogP contribution in [0.25, 0.3) is 0 Å². The number of nitrogens with zero attached hydrogens (tertiary/aromatic N) is 4. The molecule has 1 aliphatic rings. The summed E-state index contributed by atoms with van der Waals surface area (Å²) >= 11 is 0. The number of carbonyl (C=O) groups is 2. The van der Waals surface area contributed by atoms with Gasteiger partial charge in [-0.15, -0.1) is 0 Å². The zero-order chi connectivity index (χ0) is 20.3. The van der Waals surface area contributed by atoms with Gasteiger partial charge in [-0.2, -0.15) is 0 Å². The third kappa shape index (κ3) is 4.65. The lowest BCUT2D eigenvalue weighted by molar-refractivity contribution is -0.129. The summed E-state index contributed by atoms with van der Waals surface area (Å²) in [5.74, 6) is 0.319. The van der Waals surface area contributed by atoms with Crippen molar-refractivity contribution in [3.63, 3.8) is 0 Å². The zero-order valence-electron chi connectivity index (χ0n) is 16.9. The Kier molecular flexibility index (Phi) is 5.63. The second kappa shape index (κ2) is 7.96. The van der Waals surface area contributed by atoms with E-state index in [-0.39, 0.29) is 17.2 Å². The molecule has 1 fully saturated rings. The molecule has 2 aromatic rings. The average Bonchev–Trinajstić information content (AvgIpc) is 2.68. The molecule has 1 aliphatic heterocycles. The van der Waals surface area contributed by atoms with Crippen LogP contribution < -0.4 is 10.2 Å². The topological polar surface area (TPSA) is 78.4 Å². The summed E-state index contributed by atoms with van der Waals surface area (Å²) in [6, 6.07) is 9.46. The molecule has 0 bridgehead atoms. The van der Waals surface area contributed by atoms with Crippen molar-refractivity contribution >= 4 is 23.5 Å². The summed E-state index contributed by atoms with van der Waals surface area (Å²) < 4.78 is 0. The van der Waals surface area contributed by atoms with Crippen molar-refractivity contribution in [1.82, 2.24) is 14.9 Å². The van der Waals surface area contributed by atoms with Gasteiger partial charge >= 0.3 is 0 Å². The molecule has 148 valence electrons. The first kappa shape index (κ1) is 19.8. The van der Waals surface area contributed by atoms with Crippen LogP contribution in [0.1, 0.15) is 43.7 Å². The van der Waals surface area contributed by atoms with Gasteiger partial charge in [-0.1, -0.05) is 32.9 Å². The highest BCUT2D eigenvalue weighted by Crippen LogP contribution is 2.23. The van der Waals surface area contributed by atoms with Crippen molar-refractivity contribution in [2.45, 2.75) is 33.1 Å². The Balaban J connectivity index is 1.66. The van der Waals surface area contributed by atoms with E-state index in [0.29, 0.717) is 37.8 Å². The molecule has 0 aliphatic carbocycles. The molecule has 28 heavy (non-hydrogen) atoms. The number of benzene rings is 1. The third-order valence-electron chi connectivity index (χ3n) is 4.89. The van der Waals surface area contributed by atoms with Gasteiger partial charge in [-0.25, -0.2) is 9.97 Å². The van der Waals surface area contributed by atoms with Crippen LogP contribution in [0.5, 0.6) is 0 Å². The largest absolute Gasteiger partial charge is 0.339 e. The van der Waals surface area contributed by atoms with Crippen molar-refractivity contribution in [2.75, 3.05) is 36.4 Å². The highest BCUT2D eigenvalue weighted by Gasteiger charge is 2.21. The Morgan fingerprint density at radius 1 is 1.00 bits per heavy atom. The molecule has 2 heterocycles. The van der Waals surface area contributed by atoms with Crippen molar-refractivity contribution in [1.29, 1.82) is 0 Å². The Morgan fingerprint density at radius 3 is 2.21 bits per heavy atom. The van der Waals surface area contributed by atoms with Crippen LogP contribution in [0.4, 0.5) is 11.6 Å². The van der Waals surface area contributed by atoms with Crippen molar-refractivity contribution in [2.24, 2.45) is 0 Å². The van der Waals surface area contributed by atoms with Crippen LogP contribution in [-0.2, 0) is 10.2 Å².